The molecule has 20 heavy (non-hydrogen) atoms. The van der Waals surface area contributed by atoms with Gasteiger partial charge in [-0.3, -0.25) is 0 Å². The minimum absolute atomic E-state index is 0.236. The minimum atomic E-state index is 0.236. The first-order chi connectivity index (χ1) is 9.56. The summed E-state index contributed by atoms with van der Waals surface area (Å²) >= 11 is 6.01. The quantitative estimate of drug-likeness (QED) is 0.780. The molecule has 0 aromatic carbocycles. The number of anilines is 1. The van der Waals surface area contributed by atoms with Crippen LogP contribution in [0.15, 0.2) is 31.1 Å². The molecule has 0 aliphatic rings. The van der Waals surface area contributed by atoms with Gasteiger partial charge in [0.1, 0.15) is 0 Å². The maximum absolute atomic E-state index is 6.01. The fourth-order valence-corrected chi connectivity index (χ4v) is 2.10. The summed E-state index contributed by atoms with van der Waals surface area (Å²) in [6.07, 6.45) is 3.19. The summed E-state index contributed by atoms with van der Waals surface area (Å²) in [5, 5.41) is 4.85. The molecule has 100 valence electrons. The van der Waals surface area contributed by atoms with Crippen molar-refractivity contribution in [2.45, 2.75) is 6.92 Å². The van der Waals surface area contributed by atoms with Gasteiger partial charge in [-0.05, 0) is 19.1 Å². The largest absolute Gasteiger partial charge is 0.368 e. The number of aromatic nitrogens is 5. The third-order valence-electron chi connectivity index (χ3n) is 2.95. The Morgan fingerprint density at radius 2 is 2.10 bits per heavy atom. The molecule has 6 nitrogen and oxygen atoms in total. The van der Waals surface area contributed by atoms with Gasteiger partial charge in [-0.2, -0.15) is 5.10 Å². The number of aryl methyl sites for hydroxylation is 1. The van der Waals surface area contributed by atoms with Gasteiger partial charge in [-0.1, -0.05) is 18.2 Å². The zero-order valence-corrected chi connectivity index (χ0v) is 11.5. The van der Waals surface area contributed by atoms with Crippen molar-refractivity contribution in [1.82, 2.24) is 24.6 Å². The molecule has 3 rings (SSSR count). The number of imidazole rings is 1. The Bertz CT molecular complexity index is 823. The lowest BCUT2D eigenvalue weighted by molar-refractivity contribution is 0.922. The number of halogens is 1. The van der Waals surface area contributed by atoms with Gasteiger partial charge < -0.3 is 5.73 Å². The smallest absolute Gasteiger partial charge is 0.220 e. The predicted octanol–water partition coefficient (Wildman–Crippen LogP) is 2.12. The van der Waals surface area contributed by atoms with Crippen LogP contribution in [0.25, 0.3) is 11.2 Å². The van der Waals surface area contributed by atoms with Gasteiger partial charge >= 0.3 is 0 Å². The fraction of sp³-hybridized carbons (Fsp3) is 0.0769. The first kappa shape index (κ1) is 12.6. The molecular weight excluding hydrogens is 276 g/mol. The van der Waals surface area contributed by atoms with E-state index < -0.39 is 0 Å². The summed E-state index contributed by atoms with van der Waals surface area (Å²) in [4.78, 5) is 12.2. The second-order valence-corrected chi connectivity index (χ2v) is 4.66. The number of fused-ring (bicyclic) bond motifs is 1. The molecule has 3 aromatic heterocycles. The molecule has 0 bridgehead atoms. The number of nitrogen functional groups attached to an aromatic ring is 1. The van der Waals surface area contributed by atoms with E-state index in [4.69, 9.17) is 17.3 Å². The normalized spacial score (nSPS) is 10.9. The van der Waals surface area contributed by atoms with Crippen molar-refractivity contribution < 1.29 is 0 Å². The van der Waals surface area contributed by atoms with Crippen molar-refractivity contribution in [3.8, 4) is 0 Å². The van der Waals surface area contributed by atoms with E-state index >= 15 is 0 Å². The summed E-state index contributed by atoms with van der Waals surface area (Å²) in [6, 6.07) is 3.66. The molecule has 7 heteroatoms. The Morgan fingerprint density at radius 1 is 1.30 bits per heavy atom. The van der Waals surface area contributed by atoms with E-state index in [2.05, 4.69) is 26.6 Å². The standard InChI is InChI=1S/C13H11ClN6/c1-7(9-5-17-13(15)18-8(9)2)10-3-4-12-16-6-11(14)20(12)19-10/h3-6H,1H2,2H3,(H2,15,17,18). The maximum atomic E-state index is 6.01. The second kappa shape index (κ2) is 4.57. The third-order valence-corrected chi connectivity index (χ3v) is 3.21. The Morgan fingerprint density at radius 3 is 2.85 bits per heavy atom. The second-order valence-electron chi connectivity index (χ2n) is 4.28. The highest BCUT2D eigenvalue weighted by molar-refractivity contribution is 6.29. The number of rotatable bonds is 2. The van der Waals surface area contributed by atoms with Gasteiger partial charge in [0.2, 0.25) is 5.95 Å². The average Bonchev–Trinajstić information content (AvgIpc) is 2.79. The van der Waals surface area contributed by atoms with E-state index in [1.165, 1.54) is 0 Å². The van der Waals surface area contributed by atoms with Gasteiger partial charge in [-0.25, -0.2) is 19.5 Å². The molecule has 0 spiro atoms. The SMILES string of the molecule is C=C(c1ccc2ncc(Cl)n2n1)c1cnc(N)nc1C. The van der Waals surface area contributed by atoms with Crippen LogP contribution in [-0.2, 0) is 0 Å². The van der Waals surface area contributed by atoms with Crippen molar-refractivity contribution in [2.24, 2.45) is 0 Å². The van der Waals surface area contributed by atoms with Crippen molar-refractivity contribution >= 4 is 28.8 Å². The Labute approximate surface area is 120 Å². The number of hydrogen-bond acceptors (Lipinski definition) is 5. The van der Waals surface area contributed by atoms with E-state index in [0.717, 1.165) is 11.3 Å². The van der Waals surface area contributed by atoms with Crippen LogP contribution in [-0.4, -0.2) is 24.6 Å². The van der Waals surface area contributed by atoms with Crippen LogP contribution in [0.5, 0.6) is 0 Å². The summed E-state index contributed by atoms with van der Waals surface area (Å²) in [5.74, 6) is 0.236. The zero-order chi connectivity index (χ0) is 14.3. The molecule has 0 fully saturated rings. The van der Waals surface area contributed by atoms with Crippen LogP contribution in [0.4, 0.5) is 5.95 Å². The van der Waals surface area contributed by atoms with Gasteiger partial charge in [0.15, 0.2) is 10.8 Å². The number of hydrogen-bond donors (Lipinski definition) is 1. The van der Waals surface area contributed by atoms with Crippen molar-refractivity contribution in [2.75, 3.05) is 5.73 Å². The summed E-state index contributed by atoms with van der Waals surface area (Å²) < 4.78 is 1.55. The van der Waals surface area contributed by atoms with E-state index in [1.54, 1.807) is 16.9 Å². The van der Waals surface area contributed by atoms with Crippen LogP contribution in [0, 0.1) is 6.92 Å². The summed E-state index contributed by atoms with van der Waals surface area (Å²) in [7, 11) is 0. The van der Waals surface area contributed by atoms with Crippen LogP contribution in [0.2, 0.25) is 5.15 Å². The molecule has 2 N–H and O–H groups in total. The van der Waals surface area contributed by atoms with Gasteiger partial charge in [0.05, 0.1) is 17.6 Å². The monoisotopic (exact) mass is 286 g/mol. The first-order valence-corrected chi connectivity index (χ1v) is 6.23. The predicted molar refractivity (Wildman–Crippen MR) is 77.3 cm³/mol. The van der Waals surface area contributed by atoms with E-state index in [0.29, 0.717) is 22.1 Å². The molecule has 3 aromatic rings. The molecule has 0 saturated carbocycles. The third kappa shape index (κ3) is 2.00. The Hall–Kier alpha value is -2.47. The lowest BCUT2D eigenvalue weighted by atomic mass is 10.1. The van der Waals surface area contributed by atoms with Crippen LogP contribution < -0.4 is 5.73 Å². The number of nitrogens with zero attached hydrogens (tertiary/aromatic N) is 5. The molecule has 3 heterocycles. The Kier molecular flexibility index (Phi) is 2.87. The summed E-state index contributed by atoms with van der Waals surface area (Å²) in [5.41, 5.74) is 9.15. The molecule has 0 aliphatic carbocycles. The zero-order valence-electron chi connectivity index (χ0n) is 10.7. The lowest BCUT2D eigenvalue weighted by Crippen LogP contribution is -2.03. The molecule has 0 unspecified atom stereocenters. The summed E-state index contributed by atoms with van der Waals surface area (Å²) in [6.45, 7) is 5.89. The van der Waals surface area contributed by atoms with E-state index in [-0.39, 0.29) is 5.95 Å². The van der Waals surface area contributed by atoms with E-state index in [1.807, 2.05) is 19.1 Å². The maximum Gasteiger partial charge on any atom is 0.220 e. The lowest BCUT2D eigenvalue weighted by Gasteiger charge is -2.08. The highest BCUT2D eigenvalue weighted by Gasteiger charge is 2.11. The van der Waals surface area contributed by atoms with Gasteiger partial charge in [-0.15, -0.1) is 0 Å². The van der Waals surface area contributed by atoms with Crippen molar-refractivity contribution in [1.29, 1.82) is 0 Å². The van der Waals surface area contributed by atoms with E-state index in [9.17, 15) is 0 Å². The molecule has 0 amide bonds. The van der Waals surface area contributed by atoms with Crippen LogP contribution in [0.3, 0.4) is 0 Å². The average molecular weight is 287 g/mol. The fourth-order valence-electron chi connectivity index (χ4n) is 1.93. The Balaban J connectivity index is 2.09. The van der Waals surface area contributed by atoms with Gasteiger partial charge in [0, 0.05) is 17.3 Å². The number of nitrogens with two attached hydrogens (primary N) is 1. The van der Waals surface area contributed by atoms with Crippen LogP contribution in [0.1, 0.15) is 17.0 Å². The molecule has 0 aliphatic heterocycles. The highest BCUT2D eigenvalue weighted by atomic mass is 35.5. The van der Waals surface area contributed by atoms with Crippen LogP contribution >= 0.6 is 11.6 Å². The van der Waals surface area contributed by atoms with Crippen molar-refractivity contribution in [3.05, 3.63) is 53.2 Å². The molecule has 0 radical (unpaired) electrons. The topological polar surface area (TPSA) is 82.0 Å². The molecular formula is C13H11ClN6. The van der Waals surface area contributed by atoms with Gasteiger partial charge in [0.25, 0.3) is 0 Å². The molecule has 0 saturated heterocycles. The first-order valence-electron chi connectivity index (χ1n) is 5.85. The molecule has 0 atom stereocenters. The highest BCUT2D eigenvalue weighted by Crippen LogP contribution is 2.22. The van der Waals surface area contributed by atoms with Crippen molar-refractivity contribution in [3.63, 3.8) is 0 Å². The minimum Gasteiger partial charge on any atom is -0.368 e.